The highest BCUT2D eigenvalue weighted by atomic mass is 16.6. The number of hydrogen-bond acceptors (Lipinski definition) is 6. The molecular weight excluding hydrogens is 396 g/mol. The molecule has 0 fully saturated rings. The van der Waals surface area contributed by atoms with Gasteiger partial charge in [-0.2, -0.15) is 0 Å². The molecule has 2 aromatic rings. The molecule has 0 bridgehead atoms. The summed E-state index contributed by atoms with van der Waals surface area (Å²) in [7, 11) is 3.11. The number of methoxy groups -OCH3 is 2. The molecule has 0 unspecified atom stereocenters. The highest BCUT2D eigenvalue weighted by Crippen LogP contribution is 2.29. The van der Waals surface area contributed by atoms with Gasteiger partial charge in [-0.3, -0.25) is 0 Å². The number of hydrogen-bond donors (Lipinski definition) is 0. The molecule has 31 heavy (non-hydrogen) atoms. The maximum Gasteiger partial charge on any atom is 0.338 e. The lowest BCUT2D eigenvalue weighted by molar-refractivity contribution is 0.00568. The third-order valence-corrected chi connectivity index (χ3v) is 4.22. The van der Waals surface area contributed by atoms with Gasteiger partial charge >= 0.3 is 11.9 Å². The Morgan fingerprint density at radius 1 is 0.677 bits per heavy atom. The lowest BCUT2D eigenvalue weighted by atomic mass is 10.00. The largest absolute Gasteiger partial charge is 0.496 e. The Morgan fingerprint density at radius 2 is 1.03 bits per heavy atom. The summed E-state index contributed by atoms with van der Waals surface area (Å²) in [6.07, 6.45) is 0.496. The van der Waals surface area contributed by atoms with Gasteiger partial charge in [0, 0.05) is 6.42 Å². The van der Waals surface area contributed by atoms with Gasteiger partial charge in [-0.05, 0) is 76.9 Å². The zero-order valence-corrected chi connectivity index (χ0v) is 19.6. The minimum absolute atomic E-state index is 0.406. The zero-order valence-electron chi connectivity index (χ0n) is 19.6. The molecule has 168 valence electrons. The van der Waals surface area contributed by atoms with Crippen molar-refractivity contribution in [1.82, 2.24) is 0 Å². The Morgan fingerprint density at radius 3 is 1.32 bits per heavy atom. The number of carbonyl (C=O) groups excluding carboxylic acids is 2. The number of esters is 2. The highest BCUT2D eigenvalue weighted by molar-refractivity contribution is 5.91. The first-order chi connectivity index (χ1) is 14.3. The SMILES string of the molecule is COc1cc(C(=O)OC(C)(C)C)ccc1Cc1ccc(C(=O)OC(C)(C)C)cc1OC. The Labute approximate surface area is 184 Å². The van der Waals surface area contributed by atoms with E-state index < -0.39 is 23.1 Å². The van der Waals surface area contributed by atoms with Gasteiger partial charge < -0.3 is 18.9 Å². The first-order valence-electron chi connectivity index (χ1n) is 10.1. The van der Waals surface area contributed by atoms with E-state index in [-0.39, 0.29) is 0 Å². The fourth-order valence-corrected chi connectivity index (χ4v) is 2.91. The average molecular weight is 429 g/mol. The van der Waals surface area contributed by atoms with Crippen molar-refractivity contribution in [3.63, 3.8) is 0 Å². The highest BCUT2D eigenvalue weighted by Gasteiger charge is 2.21. The van der Waals surface area contributed by atoms with Crippen molar-refractivity contribution in [2.75, 3.05) is 14.2 Å². The van der Waals surface area contributed by atoms with Crippen molar-refractivity contribution in [3.8, 4) is 11.5 Å². The third kappa shape index (κ3) is 7.02. The van der Waals surface area contributed by atoms with Crippen LogP contribution in [0.1, 0.15) is 73.4 Å². The lowest BCUT2D eigenvalue weighted by Crippen LogP contribution is -2.24. The second-order valence-corrected chi connectivity index (χ2v) is 9.23. The summed E-state index contributed by atoms with van der Waals surface area (Å²) in [5, 5.41) is 0. The number of rotatable bonds is 6. The minimum Gasteiger partial charge on any atom is -0.496 e. The second kappa shape index (κ2) is 9.41. The van der Waals surface area contributed by atoms with E-state index in [0.717, 1.165) is 11.1 Å². The molecule has 0 aromatic heterocycles. The Kier molecular flexibility index (Phi) is 7.37. The van der Waals surface area contributed by atoms with Crippen molar-refractivity contribution in [1.29, 1.82) is 0 Å². The zero-order chi connectivity index (χ0) is 23.4. The van der Waals surface area contributed by atoms with Gasteiger partial charge in [0.15, 0.2) is 0 Å². The maximum atomic E-state index is 12.4. The van der Waals surface area contributed by atoms with Crippen LogP contribution in [0.4, 0.5) is 0 Å². The van der Waals surface area contributed by atoms with Gasteiger partial charge in [-0.25, -0.2) is 9.59 Å². The molecule has 0 atom stereocenters. The van der Waals surface area contributed by atoms with E-state index in [1.54, 1.807) is 38.5 Å². The van der Waals surface area contributed by atoms with Crippen LogP contribution in [0.15, 0.2) is 36.4 Å². The van der Waals surface area contributed by atoms with E-state index in [1.165, 1.54) is 0 Å². The summed E-state index contributed by atoms with van der Waals surface area (Å²) in [6.45, 7) is 10.9. The van der Waals surface area contributed by atoms with Crippen molar-refractivity contribution >= 4 is 11.9 Å². The number of ether oxygens (including phenoxy) is 4. The summed E-state index contributed by atoms with van der Waals surface area (Å²) in [5.41, 5.74) is 1.43. The first-order valence-corrected chi connectivity index (χ1v) is 10.1. The van der Waals surface area contributed by atoms with Crippen LogP contribution in [0.3, 0.4) is 0 Å². The van der Waals surface area contributed by atoms with E-state index in [4.69, 9.17) is 18.9 Å². The quantitative estimate of drug-likeness (QED) is 0.589. The van der Waals surface area contributed by atoms with Crippen LogP contribution in [0.25, 0.3) is 0 Å². The molecule has 0 saturated carbocycles. The summed E-state index contributed by atoms with van der Waals surface area (Å²) in [4.78, 5) is 24.7. The number of benzene rings is 2. The summed E-state index contributed by atoms with van der Waals surface area (Å²) < 4.78 is 21.9. The topological polar surface area (TPSA) is 71.1 Å². The van der Waals surface area contributed by atoms with Gasteiger partial charge in [0.2, 0.25) is 0 Å². The molecule has 0 amide bonds. The molecule has 0 radical (unpaired) electrons. The molecule has 0 aliphatic rings. The summed E-state index contributed by atoms with van der Waals surface area (Å²) >= 11 is 0. The fourth-order valence-electron chi connectivity index (χ4n) is 2.91. The fraction of sp³-hybridized carbons (Fsp3) is 0.440. The average Bonchev–Trinajstić information content (AvgIpc) is 2.65. The maximum absolute atomic E-state index is 12.4. The molecule has 2 rings (SSSR count). The Balaban J connectivity index is 2.29. The molecule has 6 heteroatoms. The van der Waals surface area contributed by atoms with E-state index in [0.29, 0.717) is 29.0 Å². The predicted molar refractivity (Wildman–Crippen MR) is 119 cm³/mol. The molecular formula is C25H32O6. The van der Waals surface area contributed by atoms with Crippen molar-refractivity contribution in [2.24, 2.45) is 0 Å². The molecule has 6 nitrogen and oxygen atoms in total. The van der Waals surface area contributed by atoms with Crippen molar-refractivity contribution in [2.45, 2.75) is 59.2 Å². The van der Waals surface area contributed by atoms with Crippen LogP contribution < -0.4 is 9.47 Å². The normalized spacial score (nSPS) is 11.6. The van der Waals surface area contributed by atoms with E-state index in [9.17, 15) is 9.59 Å². The summed E-state index contributed by atoms with van der Waals surface area (Å²) in [6, 6.07) is 10.4. The molecule has 0 saturated heterocycles. The standard InChI is InChI=1S/C25H32O6/c1-24(2,3)30-22(26)18-11-9-16(20(14-18)28-7)13-17-10-12-19(15-21(17)29-8)23(27)31-25(4,5)6/h9-12,14-15H,13H2,1-8H3. The van der Waals surface area contributed by atoms with Crippen LogP contribution in [-0.2, 0) is 15.9 Å². The van der Waals surface area contributed by atoms with E-state index in [2.05, 4.69) is 0 Å². The Bertz CT molecular complexity index is 870. The van der Waals surface area contributed by atoms with Crippen LogP contribution in [0.5, 0.6) is 11.5 Å². The molecule has 2 aromatic carbocycles. The minimum atomic E-state index is -0.577. The molecule has 0 heterocycles. The van der Waals surface area contributed by atoms with Crippen molar-refractivity contribution in [3.05, 3.63) is 58.7 Å². The second-order valence-electron chi connectivity index (χ2n) is 9.23. The van der Waals surface area contributed by atoms with Gasteiger partial charge in [-0.15, -0.1) is 0 Å². The molecule has 0 aliphatic carbocycles. The predicted octanol–water partition coefficient (Wildman–Crippen LogP) is 5.21. The van der Waals surface area contributed by atoms with Crippen LogP contribution in [0.2, 0.25) is 0 Å². The van der Waals surface area contributed by atoms with E-state index >= 15 is 0 Å². The van der Waals surface area contributed by atoms with Gasteiger partial charge in [0.1, 0.15) is 22.7 Å². The van der Waals surface area contributed by atoms with Gasteiger partial charge in [-0.1, -0.05) is 12.1 Å². The third-order valence-electron chi connectivity index (χ3n) is 4.22. The van der Waals surface area contributed by atoms with Crippen LogP contribution in [-0.4, -0.2) is 37.4 Å². The van der Waals surface area contributed by atoms with E-state index in [1.807, 2.05) is 53.7 Å². The number of carbonyl (C=O) groups is 2. The lowest BCUT2D eigenvalue weighted by Gasteiger charge is -2.20. The van der Waals surface area contributed by atoms with Crippen LogP contribution in [0, 0.1) is 0 Å². The van der Waals surface area contributed by atoms with Gasteiger partial charge in [0.25, 0.3) is 0 Å². The monoisotopic (exact) mass is 428 g/mol. The Hall–Kier alpha value is -3.02. The summed E-state index contributed by atoms with van der Waals surface area (Å²) in [5.74, 6) is 0.330. The van der Waals surface area contributed by atoms with Gasteiger partial charge in [0.05, 0.1) is 25.3 Å². The smallest absolute Gasteiger partial charge is 0.338 e. The molecule has 0 N–H and O–H groups in total. The van der Waals surface area contributed by atoms with Crippen molar-refractivity contribution < 1.29 is 28.5 Å². The first kappa shape index (κ1) is 24.3. The van der Waals surface area contributed by atoms with Crippen LogP contribution >= 0.6 is 0 Å². The molecule has 0 spiro atoms. The molecule has 0 aliphatic heterocycles.